The Morgan fingerprint density at radius 3 is 2.24 bits per heavy atom. The second-order valence-electron chi connectivity index (χ2n) is 6.50. The summed E-state index contributed by atoms with van der Waals surface area (Å²) in [5.74, 6) is 0. The van der Waals surface area contributed by atoms with E-state index < -0.39 is 0 Å². The van der Waals surface area contributed by atoms with Gasteiger partial charge in [0.15, 0.2) is 0 Å². The topological polar surface area (TPSA) is 52.9 Å². The minimum absolute atomic E-state index is 0.0687. The normalized spacial score (nSPS) is 19.4. The molecule has 0 aromatic heterocycles. The molecule has 2 N–H and O–H groups in total. The van der Waals surface area contributed by atoms with Crippen molar-refractivity contribution in [3.63, 3.8) is 0 Å². The molecule has 0 aromatic carbocycles. The Kier molecular flexibility index (Phi) is 5.38. The average Bonchev–Trinajstić information content (AvgIpc) is 2.17. The zero-order chi connectivity index (χ0) is 12.9. The predicted octanol–water partition coefficient (Wildman–Crippen LogP) is 0.726. The molecule has 0 unspecified atom stereocenters. The Balaban J connectivity index is 2.50. The van der Waals surface area contributed by atoms with Crippen molar-refractivity contribution in [3.05, 3.63) is 0 Å². The Morgan fingerprint density at radius 1 is 1.24 bits per heavy atom. The van der Waals surface area contributed by atoms with Crippen molar-refractivity contribution < 1.29 is 14.9 Å². The molecule has 0 saturated carbocycles. The quantitative estimate of drug-likeness (QED) is 0.694. The second kappa shape index (κ2) is 6.14. The van der Waals surface area contributed by atoms with E-state index in [4.69, 9.17) is 9.84 Å². The van der Waals surface area contributed by atoms with Gasteiger partial charge in [-0.2, -0.15) is 0 Å². The van der Waals surface area contributed by atoms with Crippen molar-refractivity contribution >= 4 is 0 Å². The van der Waals surface area contributed by atoms with Crippen LogP contribution in [-0.4, -0.2) is 61.2 Å². The summed E-state index contributed by atoms with van der Waals surface area (Å²) >= 11 is 0. The summed E-state index contributed by atoms with van der Waals surface area (Å²) in [6.07, 6.45) is 0.790. The molecular formula is C13H27NO3. The fourth-order valence-corrected chi connectivity index (χ4v) is 2.28. The maximum Gasteiger partial charge on any atom is 0.0579 e. The number of nitrogens with zero attached hydrogens (tertiary/aromatic N) is 1. The lowest BCUT2D eigenvalue weighted by Crippen LogP contribution is -2.54. The third-order valence-corrected chi connectivity index (χ3v) is 3.04. The lowest BCUT2D eigenvalue weighted by molar-refractivity contribution is -0.150. The highest BCUT2D eigenvalue weighted by Gasteiger charge is 2.39. The van der Waals surface area contributed by atoms with Gasteiger partial charge < -0.3 is 19.8 Å². The summed E-state index contributed by atoms with van der Waals surface area (Å²) in [6.45, 7) is 11.1. The van der Waals surface area contributed by atoms with Gasteiger partial charge in [-0.15, -0.1) is 0 Å². The molecule has 0 radical (unpaired) electrons. The summed E-state index contributed by atoms with van der Waals surface area (Å²) < 4.78 is 5.23. The fourth-order valence-electron chi connectivity index (χ4n) is 2.28. The molecule has 0 aromatic rings. The lowest BCUT2D eigenvalue weighted by atomic mass is 9.85. The lowest BCUT2D eigenvalue weighted by Gasteiger charge is -2.44. The highest BCUT2D eigenvalue weighted by molar-refractivity contribution is 4.89. The Hall–Kier alpha value is -0.160. The van der Waals surface area contributed by atoms with Crippen LogP contribution in [0.1, 0.15) is 27.2 Å². The molecule has 1 saturated heterocycles. The van der Waals surface area contributed by atoms with Gasteiger partial charge in [0.05, 0.1) is 25.2 Å². The van der Waals surface area contributed by atoms with Gasteiger partial charge in [0.1, 0.15) is 0 Å². The zero-order valence-corrected chi connectivity index (χ0v) is 11.4. The van der Waals surface area contributed by atoms with Gasteiger partial charge in [0.2, 0.25) is 0 Å². The smallest absolute Gasteiger partial charge is 0.0579 e. The number of aliphatic hydroxyl groups excluding tert-OH is 2. The molecule has 1 rings (SSSR count). The number of rotatable bonds is 7. The molecule has 0 amide bonds. The van der Waals surface area contributed by atoms with E-state index in [9.17, 15) is 5.11 Å². The van der Waals surface area contributed by atoms with Gasteiger partial charge in [-0.05, 0) is 11.8 Å². The molecule has 0 bridgehead atoms. The standard InChI is InChI=1S/C13H27NO3/c1-12(2,3)7-14(5-4-6-15)8-13(9-16)10-17-11-13/h15-16H,4-11H2,1-3H3. The first kappa shape index (κ1) is 14.9. The monoisotopic (exact) mass is 245 g/mol. The van der Waals surface area contributed by atoms with Crippen LogP contribution in [-0.2, 0) is 4.74 Å². The van der Waals surface area contributed by atoms with Crippen LogP contribution in [0.25, 0.3) is 0 Å². The molecule has 17 heavy (non-hydrogen) atoms. The van der Waals surface area contributed by atoms with E-state index in [1.54, 1.807) is 0 Å². The van der Waals surface area contributed by atoms with Gasteiger partial charge in [0, 0.05) is 26.2 Å². The minimum Gasteiger partial charge on any atom is -0.396 e. The van der Waals surface area contributed by atoms with Crippen LogP contribution in [0.4, 0.5) is 0 Å². The SMILES string of the molecule is CC(C)(C)CN(CCCO)CC1(CO)COC1. The number of ether oxygens (including phenoxy) is 1. The van der Waals surface area contributed by atoms with Crippen LogP contribution in [0, 0.1) is 10.8 Å². The van der Waals surface area contributed by atoms with Crippen LogP contribution in [0.15, 0.2) is 0 Å². The molecule has 102 valence electrons. The second-order valence-corrected chi connectivity index (χ2v) is 6.50. The third-order valence-electron chi connectivity index (χ3n) is 3.04. The Bertz CT molecular complexity index is 216. The van der Waals surface area contributed by atoms with Crippen LogP contribution in [0.2, 0.25) is 0 Å². The first-order chi connectivity index (χ1) is 7.91. The van der Waals surface area contributed by atoms with Gasteiger partial charge in [-0.3, -0.25) is 0 Å². The fraction of sp³-hybridized carbons (Fsp3) is 1.00. The minimum atomic E-state index is -0.0687. The molecule has 1 heterocycles. The summed E-state index contributed by atoms with van der Waals surface area (Å²) in [6, 6.07) is 0. The van der Waals surface area contributed by atoms with Crippen molar-refractivity contribution in [1.29, 1.82) is 0 Å². The van der Waals surface area contributed by atoms with Crippen molar-refractivity contribution in [2.75, 3.05) is 46.1 Å². The van der Waals surface area contributed by atoms with E-state index in [2.05, 4.69) is 25.7 Å². The first-order valence-electron chi connectivity index (χ1n) is 6.43. The van der Waals surface area contributed by atoms with Crippen LogP contribution >= 0.6 is 0 Å². The maximum absolute atomic E-state index is 9.45. The maximum atomic E-state index is 9.45. The Morgan fingerprint density at radius 2 is 1.88 bits per heavy atom. The van der Waals surface area contributed by atoms with Crippen LogP contribution in [0.5, 0.6) is 0 Å². The number of hydrogen-bond donors (Lipinski definition) is 2. The summed E-state index contributed by atoms with van der Waals surface area (Å²) in [4.78, 5) is 2.34. The number of hydrogen-bond acceptors (Lipinski definition) is 4. The molecule has 1 aliphatic heterocycles. The predicted molar refractivity (Wildman–Crippen MR) is 67.9 cm³/mol. The summed E-state index contributed by atoms with van der Waals surface area (Å²) in [7, 11) is 0. The largest absolute Gasteiger partial charge is 0.396 e. The summed E-state index contributed by atoms with van der Waals surface area (Å²) in [5, 5.41) is 18.4. The van der Waals surface area contributed by atoms with E-state index >= 15 is 0 Å². The molecule has 4 heteroatoms. The molecular weight excluding hydrogens is 218 g/mol. The van der Waals surface area contributed by atoms with Crippen molar-refractivity contribution in [2.24, 2.45) is 10.8 Å². The molecule has 0 spiro atoms. The van der Waals surface area contributed by atoms with Crippen molar-refractivity contribution in [3.8, 4) is 0 Å². The third kappa shape index (κ3) is 4.92. The molecule has 0 atom stereocenters. The van der Waals surface area contributed by atoms with Gasteiger partial charge in [-0.1, -0.05) is 20.8 Å². The van der Waals surface area contributed by atoms with Crippen LogP contribution in [0.3, 0.4) is 0 Å². The molecule has 1 fully saturated rings. The van der Waals surface area contributed by atoms with Gasteiger partial charge >= 0.3 is 0 Å². The summed E-state index contributed by atoms with van der Waals surface area (Å²) in [5.41, 5.74) is 0.164. The van der Waals surface area contributed by atoms with Crippen molar-refractivity contribution in [2.45, 2.75) is 27.2 Å². The highest BCUT2D eigenvalue weighted by Crippen LogP contribution is 2.29. The number of aliphatic hydroxyl groups is 2. The van der Waals surface area contributed by atoms with Gasteiger partial charge in [-0.25, -0.2) is 0 Å². The van der Waals surface area contributed by atoms with E-state index in [0.717, 1.165) is 26.1 Å². The van der Waals surface area contributed by atoms with Crippen LogP contribution < -0.4 is 0 Å². The van der Waals surface area contributed by atoms with E-state index in [1.165, 1.54) is 0 Å². The highest BCUT2D eigenvalue weighted by atomic mass is 16.5. The zero-order valence-electron chi connectivity index (χ0n) is 11.4. The van der Waals surface area contributed by atoms with E-state index in [0.29, 0.717) is 13.2 Å². The average molecular weight is 245 g/mol. The van der Waals surface area contributed by atoms with Gasteiger partial charge in [0.25, 0.3) is 0 Å². The first-order valence-corrected chi connectivity index (χ1v) is 6.43. The Labute approximate surface area is 105 Å². The van der Waals surface area contributed by atoms with E-state index in [1.807, 2.05) is 0 Å². The molecule has 0 aliphatic carbocycles. The van der Waals surface area contributed by atoms with Crippen molar-refractivity contribution in [1.82, 2.24) is 4.90 Å². The molecule has 4 nitrogen and oxygen atoms in total. The van der Waals surface area contributed by atoms with E-state index in [-0.39, 0.29) is 24.0 Å². The molecule has 1 aliphatic rings.